The second-order valence-electron chi connectivity index (χ2n) is 6.73. The van der Waals surface area contributed by atoms with Crippen molar-refractivity contribution in [2.75, 3.05) is 13.1 Å². The molecule has 0 aromatic carbocycles. The van der Waals surface area contributed by atoms with Crippen molar-refractivity contribution in [3.05, 3.63) is 0 Å². The lowest BCUT2D eigenvalue weighted by molar-refractivity contribution is -0.154. The zero-order chi connectivity index (χ0) is 14.3. The van der Waals surface area contributed by atoms with E-state index in [1.807, 2.05) is 20.8 Å². The van der Waals surface area contributed by atoms with E-state index in [1.165, 1.54) is 0 Å². The number of likely N-dealkylation sites (tertiary alicyclic amines) is 1. The molecule has 1 saturated carbocycles. The Kier molecular flexibility index (Phi) is 3.49. The Morgan fingerprint density at radius 2 is 2.00 bits per heavy atom. The number of amides is 1. The van der Waals surface area contributed by atoms with Crippen molar-refractivity contribution in [2.45, 2.75) is 52.1 Å². The van der Waals surface area contributed by atoms with Gasteiger partial charge in [-0.2, -0.15) is 0 Å². The molecule has 1 heterocycles. The van der Waals surface area contributed by atoms with E-state index in [0.717, 1.165) is 19.3 Å². The number of nitrogens with zero attached hydrogens (tertiary/aromatic N) is 1. The molecule has 108 valence electrons. The lowest BCUT2D eigenvalue weighted by atomic mass is 9.72. The molecule has 1 N–H and O–H groups in total. The number of carboxylic acid groups (broad SMARTS) is 1. The van der Waals surface area contributed by atoms with Crippen molar-refractivity contribution in [3.8, 4) is 0 Å². The summed E-state index contributed by atoms with van der Waals surface area (Å²) < 4.78 is 5.36. The molecule has 0 radical (unpaired) electrons. The molecule has 0 aromatic rings. The second-order valence-corrected chi connectivity index (χ2v) is 6.73. The molecule has 2 atom stereocenters. The Bertz CT molecular complexity index is 387. The summed E-state index contributed by atoms with van der Waals surface area (Å²) in [5.74, 6) is -0.620. The van der Waals surface area contributed by atoms with Crippen LogP contribution >= 0.6 is 0 Å². The topological polar surface area (TPSA) is 66.8 Å². The van der Waals surface area contributed by atoms with Gasteiger partial charge in [-0.25, -0.2) is 4.79 Å². The van der Waals surface area contributed by atoms with Crippen LogP contribution in [0, 0.1) is 11.3 Å². The maximum Gasteiger partial charge on any atom is 0.410 e. The third-order valence-electron chi connectivity index (χ3n) is 4.30. The summed E-state index contributed by atoms with van der Waals surface area (Å²) in [6.45, 7) is 6.52. The number of ether oxygens (including phenoxy) is 1. The fraction of sp³-hybridized carbons (Fsp3) is 0.857. The van der Waals surface area contributed by atoms with Crippen LogP contribution in [0.2, 0.25) is 0 Å². The normalized spacial score (nSPS) is 30.9. The zero-order valence-electron chi connectivity index (χ0n) is 11.9. The van der Waals surface area contributed by atoms with Crippen molar-refractivity contribution < 1.29 is 19.4 Å². The first-order valence-corrected chi connectivity index (χ1v) is 6.96. The van der Waals surface area contributed by atoms with Gasteiger partial charge in [-0.1, -0.05) is 6.42 Å². The number of hydrogen-bond donors (Lipinski definition) is 1. The molecule has 2 rings (SSSR count). The number of rotatable bonds is 1. The lowest BCUT2D eigenvalue weighted by Crippen LogP contribution is -2.51. The Hall–Kier alpha value is -1.26. The highest BCUT2D eigenvalue weighted by atomic mass is 16.6. The fourth-order valence-electron chi connectivity index (χ4n) is 3.31. The van der Waals surface area contributed by atoms with Crippen molar-refractivity contribution in [1.82, 2.24) is 4.90 Å². The van der Waals surface area contributed by atoms with E-state index in [0.29, 0.717) is 19.5 Å². The molecule has 1 aliphatic carbocycles. The van der Waals surface area contributed by atoms with Gasteiger partial charge in [-0.15, -0.1) is 0 Å². The first kappa shape index (κ1) is 14.2. The molecular formula is C14H23NO4. The monoisotopic (exact) mass is 269 g/mol. The third kappa shape index (κ3) is 2.69. The molecule has 1 saturated heterocycles. The summed E-state index contributed by atoms with van der Waals surface area (Å²) in [6, 6.07) is 0. The first-order valence-electron chi connectivity index (χ1n) is 6.96. The van der Waals surface area contributed by atoms with Gasteiger partial charge in [-0.05, 0) is 46.0 Å². The van der Waals surface area contributed by atoms with Crippen LogP contribution in [-0.4, -0.2) is 40.8 Å². The molecule has 5 heteroatoms. The lowest BCUT2D eigenvalue weighted by Gasteiger charge is -2.41. The molecule has 1 aliphatic heterocycles. The van der Waals surface area contributed by atoms with Gasteiger partial charge in [0.15, 0.2) is 0 Å². The SMILES string of the molecule is CC(C)(C)OC(=O)N1CCC2(C(=O)O)CCCC2C1. The molecule has 0 spiro atoms. The highest BCUT2D eigenvalue weighted by molar-refractivity contribution is 5.76. The quantitative estimate of drug-likeness (QED) is 0.794. The Morgan fingerprint density at radius 1 is 1.32 bits per heavy atom. The number of carbonyl (C=O) groups is 2. The molecule has 2 fully saturated rings. The predicted molar refractivity (Wildman–Crippen MR) is 69.8 cm³/mol. The summed E-state index contributed by atoms with van der Waals surface area (Å²) in [7, 11) is 0. The number of aliphatic carboxylic acids is 1. The molecule has 0 aromatic heterocycles. The average Bonchev–Trinajstić information content (AvgIpc) is 2.70. The van der Waals surface area contributed by atoms with Gasteiger partial charge in [0.25, 0.3) is 0 Å². The predicted octanol–water partition coefficient (Wildman–Crippen LogP) is 2.50. The summed E-state index contributed by atoms with van der Waals surface area (Å²) in [5.41, 5.74) is -1.10. The van der Waals surface area contributed by atoms with E-state index in [2.05, 4.69) is 0 Å². The number of fused-ring (bicyclic) bond motifs is 1. The highest BCUT2D eigenvalue weighted by Crippen LogP contribution is 2.49. The number of carbonyl (C=O) groups excluding carboxylic acids is 1. The van der Waals surface area contributed by atoms with Gasteiger partial charge in [0.2, 0.25) is 0 Å². The van der Waals surface area contributed by atoms with Crippen LogP contribution < -0.4 is 0 Å². The van der Waals surface area contributed by atoms with Gasteiger partial charge in [0.05, 0.1) is 5.41 Å². The minimum Gasteiger partial charge on any atom is -0.481 e. The standard InChI is InChI=1S/C14H23NO4/c1-13(2,3)19-12(18)15-8-7-14(11(16)17)6-4-5-10(14)9-15/h10H,4-9H2,1-3H3,(H,16,17). The van der Waals surface area contributed by atoms with Crippen molar-refractivity contribution >= 4 is 12.1 Å². The van der Waals surface area contributed by atoms with Crippen LogP contribution in [-0.2, 0) is 9.53 Å². The average molecular weight is 269 g/mol. The van der Waals surface area contributed by atoms with Crippen molar-refractivity contribution in [2.24, 2.45) is 11.3 Å². The number of carboxylic acids is 1. The summed E-state index contributed by atoms with van der Waals surface area (Å²) >= 11 is 0. The minimum absolute atomic E-state index is 0.0752. The van der Waals surface area contributed by atoms with E-state index >= 15 is 0 Å². The molecule has 19 heavy (non-hydrogen) atoms. The van der Waals surface area contributed by atoms with E-state index in [1.54, 1.807) is 4.90 Å². The molecule has 2 unspecified atom stereocenters. The van der Waals surface area contributed by atoms with E-state index in [4.69, 9.17) is 4.74 Å². The molecule has 5 nitrogen and oxygen atoms in total. The maximum absolute atomic E-state index is 12.0. The van der Waals surface area contributed by atoms with Crippen molar-refractivity contribution in [1.29, 1.82) is 0 Å². The van der Waals surface area contributed by atoms with Crippen LogP contribution in [0.5, 0.6) is 0 Å². The van der Waals surface area contributed by atoms with Crippen LogP contribution in [0.25, 0.3) is 0 Å². The highest BCUT2D eigenvalue weighted by Gasteiger charge is 2.52. The van der Waals surface area contributed by atoms with E-state index < -0.39 is 17.0 Å². The zero-order valence-corrected chi connectivity index (χ0v) is 11.9. The van der Waals surface area contributed by atoms with Gasteiger partial charge >= 0.3 is 12.1 Å². The smallest absolute Gasteiger partial charge is 0.410 e. The maximum atomic E-state index is 12.0. The Balaban J connectivity index is 2.04. The third-order valence-corrected chi connectivity index (χ3v) is 4.30. The largest absolute Gasteiger partial charge is 0.481 e. The van der Waals surface area contributed by atoms with Crippen LogP contribution in [0.4, 0.5) is 4.79 Å². The van der Waals surface area contributed by atoms with Crippen LogP contribution in [0.15, 0.2) is 0 Å². The molecular weight excluding hydrogens is 246 g/mol. The second kappa shape index (κ2) is 4.69. The van der Waals surface area contributed by atoms with Crippen LogP contribution in [0.1, 0.15) is 46.5 Å². The molecule has 1 amide bonds. The number of piperidine rings is 1. The van der Waals surface area contributed by atoms with Gasteiger partial charge in [0.1, 0.15) is 5.60 Å². The number of hydrogen-bond acceptors (Lipinski definition) is 3. The van der Waals surface area contributed by atoms with Gasteiger partial charge in [-0.3, -0.25) is 4.79 Å². The Labute approximate surface area is 113 Å². The minimum atomic E-state index is -0.696. The summed E-state index contributed by atoms with van der Waals surface area (Å²) in [5, 5.41) is 9.48. The Morgan fingerprint density at radius 3 is 2.58 bits per heavy atom. The molecule has 2 aliphatic rings. The fourth-order valence-corrected chi connectivity index (χ4v) is 3.31. The first-order chi connectivity index (χ1) is 8.74. The van der Waals surface area contributed by atoms with Gasteiger partial charge in [0, 0.05) is 13.1 Å². The van der Waals surface area contributed by atoms with Crippen molar-refractivity contribution in [3.63, 3.8) is 0 Å². The summed E-state index contributed by atoms with van der Waals surface area (Å²) in [6.07, 6.45) is 2.81. The molecule has 0 bridgehead atoms. The summed E-state index contributed by atoms with van der Waals surface area (Å²) in [4.78, 5) is 25.2. The van der Waals surface area contributed by atoms with Gasteiger partial charge < -0.3 is 14.7 Å². The van der Waals surface area contributed by atoms with Crippen LogP contribution in [0.3, 0.4) is 0 Å². The van der Waals surface area contributed by atoms with E-state index in [9.17, 15) is 14.7 Å². The van der Waals surface area contributed by atoms with E-state index in [-0.39, 0.29) is 12.0 Å².